The third kappa shape index (κ3) is 2.61. The lowest BCUT2D eigenvalue weighted by atomic mass is 10.3. The first kappa shape index (κ1) is 7.47. The highest BCUT2D eigenvalue weighted by molar-refractivity contribution is 5.75. The van der Waals surface area contributed by atoms with E-state index in [-0.39, 0.29) is 5.91 Å². The minimum atomic E-state index is 0.215. The van der Waals surface area contributed by atoms with Gasteiger partial charge in [-0.05, 0) is 6.42 Å². The van der Waals surface area contributed by atoms with Gasteiger partial charge in [0.15, 0.2) is 0 Å². The fourth-order valence-electron chi connectivity index (χ4n) is 0.437. The Labute approximate surface area is 50.5 Å². The highest BCUT2D eigenvalue weighted by Gasteiger charge is 1.98. The number of carbonyl (C=O) groups is 1. The van der Waals surface area contributed by atoms with Gasteiger partial charge in [0.25, 0.3) is 0 Å². The first-order chi connectivity index (χ1) is 3.68. The van der Waals surface area contributed by atoms with E-state index in [2.05, 4.69) is 0 Å². The van der Waals surface area contributed by atoms with Crippen molar-refractivity contribution in [3.8, 4) is 0 Å². The maximum Gasteiger partial charge on any atom is 0.222 e. The zero-order valence-electron chi connectivity index (χ0n) is 5.77. The minimum absolute atomic E-state index is 0.215. The Morgan fingerprint density at radius 2 is 2.00 bits per heavy atom. The maximum absolute atomic E-state index is 10.7. The summed E-state index contributed by atoms with van der Waals surface area (Å²) in [5, 5.41) is 0. The van der Waals surface area contributed by atoms with Crippen molar-refractivity contribution in [1.82, 2.24) is 4.90 Å². The zero-order chi connectivity index (χ0) is 6.57. The summed E-state index contributed by atoms with van der Waals surface area (Å²) in [6, 6.07) is 0. The Hall–Kier alpha value is -0.530. The van der Waals surface area contributed by atoms with Crippen LogP contribution in [0.15, 0.2) is 0 Å². The van der Waals surface area contributed by atoms with E-state index in [1.807, 2.05) is 6.92 Å². The topological polar surface area (TPSA) is 20.3 Å². The quantitative estimate of drug-likeness (QED) is 0.523. The van der Waals surface area contributed by atoms with Crippen molar-refractivity contribution in [2.24, 2.45) is 0 Å². The largest absolute Gasteiger partial charge is 0.349 e. The normalized spacial score (nSPS) is 8.88. The molecule has 0 N–H and O–H groups in total. The second kappa shape index (κ2) is 3.47. The summed E-state index contributed by atoms with van der Waals surface area (Å²) in [4.78, 5) is 12.3. The van der Waals surface area contributed by atoms with Crippen molar-refractivity contribution in [3.63, 3.8) is 0 Å². The van der Waals surface area contributed by atoms with E-state index in [0.717, 1.165) is 6.42 Å². The van der Waals surface area contributed by atoms with Gasteiger partial charge in [0.1, 0.15) is 0 Å². The van der Waals surface area contributed by atoms with Gasteiger partial charge in [0.2, 0.25) is 5.91 Å². The van der Waals surface area contributed by atoms with Gasteiger partial charge in [-0.1, -0.05) is 6.92 Å². The second-order valence-corrected chi connectivity index (χ2v) is 2.04. The van der Waals surface area contributed by atoms with E-state index in [0.29, 0.717) is 6.42 Å². The summed E-state index contributed by atoms with van der Waals surface area (Å²) < 4.78 is 0. The number of hydrogen-bond acceptors (Lipinski definition) is 1. The lowest BCUT2D eigenvalue weighted by molar-refractivity contribution is -0.128. The van der Waals surface area contributed by atoms with Gasteiger partial charge in [-0.2, -0.15) is 0 Å². The molecular weight excluding hydrogens is 102 g/mol. The standard InChI is InChI=1S/C6H13NO/c1-4-5-6(8)7(2)3/h4-5H2,1-3H3. The molecule has 0 saturated carbocycles. The Bertz CT molecular complexity index is 78.6. The van der Waals surface area contributed by atoms with Gasteiger partial charge < -0.3 is 4.90 Å². The molecule has 0 heterocycles. The van der Waals surface area contributed by atoms with Crippen molar-refractivity contribution in [1.29, 1.82) is 0 Å². The van der Waals surface area contributed by atoms with Crippen LogP contribution in [0.1, 0.15) is 19.8 Å². The fourth-order valence-corrected chi connectivity index (χ4v) is 0.437. The van der Waals surface area contributed by atoms with Crippen LogP contribution in [0.3, 0.4) is 0 Å². The molecule has 0 spiro atoms. The molecule has 0 aliphatic carbocycles. The molecule has 0 bridgehead atoms. The first-order valence-electron chi connectivity index (χ1n) is 2.88. The van der Waals surface area contributed by atoms with E-state index < -0.39 is 0 Å². The molecule has 0 unspecified atom stereocenters. The fraction of sp³-hybridized carbons (Fsp3) is 0.833. The monoisotopic (exact) mass is 115 g/mol. The van der Waals surface area contributed by atoms with Crippen LogP contribution >= 0.6 is 0 Å². The maximum atomic E-state index is 10.7. The van der Waals surface area contributed by atoms with E-state index in [4.69, 9.17) is 0 Å². The van der Waals surface area contributed by atoms with Crippen LogP contribution in [-0.2, 0) is 4.79 Å². The van der Waals surface area contributed by atoms with E-state index in [1.54, 1.807) is 19.0 Å². The van der Waals surface area contributed by atoms with E-state index in [9.17, 15) is 4.79 Å². The molecule has 0 rings (SSSR count). The summed E-state index contributed by atoms with van der Waals surface area (Å²) in [7, 11) is 3.55. The molecule has 0 aromatic carbocycles. The van der Waals surface area contributed by atoms with Crippen LogP contribution < -0.4 is 0 Å². The first-order valence-corrected chi connectivity index (χ1v) is 2.88. The van der Waals surface area contributed by atoms with Gasteiger partial charge in [0, 0.05) is 20.5 Å². The molecule has 0 radical (unpaired) electrons. The van der Waals surface area contributed by atoms with Gasteiger partial charge in [-0.25, -0.2) is 0 Å². The molecule has 8 heavy (non-hydrogen) atoms. The predicted octanol–water partition coefficient (Wildman–Crippen LogP) is 0.875. The van der Waals surface area contributed by atoms with Crippen LogP contribution in [0.4, 0.5) is 0 Å². The molecule has 0 aliphatic heterocycles. The molecule has 1 amide bonds. The van der Waals surface area contributed by atoms with Gasteiger partial charge in [-0.15, -0.1) is 0 Å². The lowest BCUT2D eigenvalue weighted by Gasteiger charge is -2.07. The van der Waals surface area contributed by atoms with Gasteiger partial charge in [0.05, 0.1) is 0 Å². The van der Waals surface area contributed by atoms with Crippen molar-refractivity contribution in [3.05, 3.63) is 0 Å². The summed E-state index contributed by atoms with van der Waals surface area (Å²) in [6.07, 6.45) is 1.62. The predicted molar refractivity (Wildman–Crippen MR) is 33.6 cm³/mol. The number of carbonyl (C=O) groups excluding carboxylic acids is 1. The van der Waals surface area contributed by atoms with Crippen molar-refractivity contribution in [2.75, 3.05) is 14.1 Å². The molecule has 0 saturated heterocycles. The average molecular weight is 115 g/mol. The smallest absolute Gasteiger partial charge is 0.222 e. The van der Waals surface area contributed by atoms with Crippen LogP contribution in [0.2, 0.25) is 0 Å². The number of rotatable bonds is 2. The Balaban J connectivity index is 3.33. The number of nitrogens with zero attached hydrogens (tertiary/aromatic N) is 1. The summed E-state index contributed by atoms with van der Waals surface area (Å²) >= 11 is 0. The Kier molecular flexibility index (Phi) is 3.24. The summed E-state index contributed by atoms with van der Waals surface area (Å²) in [5.41, 5.74) is 0. The molecule has 2 nitrogen and oxygen atoms in total. The Morgan fingerprint density at radius 3 is 2.12 bits per heavy atom. The van der Waals surface area contributed by atoms with Crippen LogP contribution in [0, 0.1) is 0 Å². The molecule has 0 fully saturated rings. The molecular formula is C6H13NO. The molecule has 0 aromatic heterocycles. The second-order valence-electron chi connectivity index (χ2n) is 2.04. The molecule has 48 valence electrons. The SMILES string of the molecule is CCCC(=O)N(C)C. The molecule has 0 aromatic rings. The third-order valence-electron chi connectivity index (χ3n) is 0.963. The van der Waals surface area contributed by atoms with Crippen molar-refractivity contribution >= 4 is 5.91 Å². The van der Waals surface area contributed by atoms with Crippen LogP contribution in [0.25, 0.3) is 0 Å². The van der Waals surface area contributed by atoms with E-state index >= 15 is 0 Å². The molecule has 0 atom stereocenters. The lowest BCUT2D eigenvalue weighted by Crippen LogP contribution is -2.20. The molecule has 2 heteroatoms. The highest BCUT2D eigenvalue weighted by Crippen LogP contribution is 1.89. The number of amides is 1. The third-order valence-corrected chi connectivity index (χ3v) is 0.963. The van der Waals surface area contributed by atoms with Crippen LogP contribution in [-0.4, -0.2) is 24.9 Å². The van der Waals surface area contributed by atoms with Gasteiger partial charge >= 0.3 is 0 Å². The number of hydrogen-bond donors (Lipinski definition) is 0. The van der Waals surface area contributed by atoms with Crippen molar-refractivity contribution < 1.29 is 4.79 Å². The highest BCUT2D eigenvalue weighted by atomic mass is 16.2. The van der Waals surface area contributed by atoms with Gasteiger partial charge in [-0.3, -0.25) is 4.79 Å². The summed E-state index contributed by atoms with van der Waals surface area (Å²) in [5.74, 6) is 0.215. The Morgan fingerprint density at radius 1 is 1.50 bits per heavy atom. The van der Waals surface area contributed by atoms with E-state index in [1.165, 1.54) is 0 Å². The molecule has 0 aliphatic rings. The van der Waals surface area contributed by atoms with Crippen LogP contribution in [0.5, 0.6) is 0 Å². The minimum Gasteiger partial charge on any atom is -0.349 e. The zero-order valence-corrected chi connectivity index (χ0v) is 5.77. The summed E-state index contributed by atoms with van der Waals surface area (Å²) in [6.45, 7) is 2.00. The average Bonchev–Trinajstić information content (AvgIpc) is 1.67. The van der Waals surface area contributed by atoms with Crippen molar-refractivity contribution in [2.45, 2.75) is 19.8 Å².